The van der Waals surface area contributed by atoms with Crippen LogP contribution in [0, 0.1) is 5.92 Å². The Morgan fingerprint density at radius 2 is 2.00 bits per heavy atom. The third-order valence-corrected chi connectivity index (χ3v) is 8.15. The van der Waals surface area contributed by atoms with Gasteiger partial charge in [0, 0.05) is 44.4 Å². The van der Waals surface area contributed by atoms with Crippen LogP contribution in [0.3, 0.4) is 0 Å². The zero-order valence-corrected chi connectivity index (χ0v) is 18.9. The molecule has 0 spiro atoms. The smallest absolute Gasteiger partial charge is 0.259 e. The lowest BCUT2D eigenvalue weighted by Crippen LogP contribution is -2.31. The van der Waals surface area contributed by atoms with Crippen LogP contribution in [0.15, 0.2) is 29.3 Å². The molecule has 2 aromatic rings. The Kier molecular flexibility index (Phi) is 6.60. The lowest BCUT2D eigenvalue weighted by molar-refractivity contribution is 0.102. The van der Waals surface area contributed by atoms with Crippen molar-refractivity contribution in [2.75, 3.05) is 37.9 Å². The first-order valence-corrected chi connectivity index (χ1v) is 12.0. The van der Waals surface area contributed by atoms with Gasteiger partial charge in [-0.2, -0.15) is 0 Å². The van der Waals surface area contributed by atoms with Gasteiger partial charge in [-0.05, 0) is 43.4 Å². The SMILES string of the molecule is CCc1cnc(NC(=O)c2cc(S(=O)(=O)N(C)C)ccc2N(C)CC2CCC2)s1. The van der Waals surface area contributed by atoms with Gasteiger partial charge in [-0.3, -0.25) is 10.1 Å². The molecule has 29 heavy (non-hydrogen) atoms. The van der Waals surface area contributed by atoms with Gasteiger partial charge < -0.3 is 4.90 Å². The molecular formula is C20H28N4O3S2. The number of hydrogen-bond donors (Lipinski definition) is 1. The van der Waals surface area contributed by atoms with E-state index in [1.807, 2.05) is 18.9 Å². The maximum Gasteiger partial charge on any atom is 0.259 e. The molecule has 9 heteroatoms. The zero-order chi connectivity index (χ0) is 21.2. The van der Waals surface area contributed by atoms with E-state index >= 15 is 0 Å². The van der Waals surface area contributed by atoms with Crippen molar-refractivity contribution >= 4 is 38.1 Å². The summed E-state index contributed by atoms with van der Waals surface area (Å²) in [5, 5.41) is 3.34. The normalized spacial score (nSPS) is 14.7. The first-order valence-electron chi connectivity index (χ1n) is 9.76. The molecule has 1 aromatic carbocycles. The topological polar surface area (TPSA) is 82.6 Å². The fraction of sp³-hybridized carbons (Fsp3) is 0.500. The van der Waals surface area contributed by atoms with Crippen molar-refractivity contribution in [2.24, 2.45) is 5.92 Å². The lowest BCUT2D eigenvalue weighted by Gasteiger charge is -2.32. The Morgan fingerprint density at radius 1 is 1.28 bits per heavy atom. The van der Waals surface area contributed by atoms with Crippen LogP contribution in [0.1, 0.15) is 41.4 Å². The highest BCUT2D eigenvalue weighted by molar-refractivity contribution is 7.89. The number of hydrogen-bond acceptors (Lipinski definition) is 6. The number of carbonyl (C=O) groups excluding carboxylic acids is 1. The second-order valence-corrected chi connectivity index (χ2v) is 10.9. The van der Waals surface area contributed by atoms with Crippen LogP contribution in [-0.2, 0) is 16.4 Å². The molecular weight excluding hydrogens is 408 g/mol. The third kappa shape index (κ3) is 4.79. The van der Waals surface area contributed by atoms with Gasteiger partial charge in [0.2, 0.25) is 10.0 Å². The molecule has 7 nitrogen and oxygen atoms in total. The lowest BCUT2D eigenvalue weighted by atomic mass is 9.85. The van der Waals surface area contributed by atoms with Crippen LogP contribution in [0.4, 0.5) is 10.8 Å². The monoisotopic (exact) mass is 436 g/mol. The number of nitrogens with one attached hydrogen (secondary N) is 1. The molecule has 0 saturated heterocycles. The molecule has 1 saturated carbocycles. The quantitative estimate of drug-likeness (QED) is 0.685. The molecule has 0 unspecified atom stereocenters. The van der Waals surface area contributed by atoms with Gasteiger partial charge in [0.1, 0.15) is 0 Å². The van der Waals surface area contributed by atoms with Crippen LogP contribution < -0.4 is 10.2 Å². The second kappa shape index (κ2) is 8.81. The maximum atomic E-state index is 13.1. The van der Waals surface area contributed by atoms with Crippen molar-refractivity contribution in [1.82, 2.24) is 9.29 Å². The first kappa shape index (κ1) is 21.7. The first-order chi connectivity index (χ1) is 13.7. The van der Waals surface area contributed by atoms with Crippen molar-refractivity contribution in [3.63, 3.8) is 0 Å². The van der Waals surface area contributed by atoms with Crippen LogP contribution in [0.5, 0.6) is 0 Å². The molecule has 3 rings (SSSR count). The van der Waals surface area contributed by atoms with E-state index in [1.165, 1.54) is 50.8 Å². The van der Waals surface area contributed by atoms with Gasteiger partial charge >= 0.3 is 0 Å². The summed E-state index contributed by atoms with van der Waals surface area (Å²) >= 11 is 1.43. The number of benzene rings is 1. The highest BCUT2D eigenvalue weighted by Crippen LogP contribution is 2.31. The van der Waals surface area contributed by atoms with Crippen molar-refractivity contribution in [3.05, 3.63) is 34.8 Å². The average Bonchev–Trinajstić information content (AvgIpc) is 3.11. The van der Waals surface area contributed by atoms with Crippen LogP contribution in [0.2, 0.25) is 0 Å². The Labute approximate surface area is 176 Å². The van der Waals surface area contributed by atoms with Crippen molar-refractivity contribution in [2.45, 2.75) is 37.5 Å². The average molecular weight is 437 g/mol. The van der Waals surface area contributed by atoms with Crippen molar-refractivity contribution in [1.29, 1.82) is 0 Å². The number of carbonyl (C=O) groups is 1. The van der Waals surface area contributed by atoms with Crippen molar-refractivity contribution in [3.8, 4) is 0 Å². The molecule has 0 radical (unpaired) electrons. The highest BCUT2D eigenvalue weighted by atomic mass is 32.2. The molecule has 1 aliphatic rings. The Bertz CT molecular complexity index is 981. The van der Waals surface area contributed by atoms with E-state index in [4.69, 9.17) is 0 Å². The number of aromatic nitrogens is 1. The van der Waals surface area contributed by atoms with Crippen LogP contribution >= 0.6 is 11.3 Å². The van der Waals surface area contributed by atoms with Gasteiger partial charge in [-0.25, -0.2) is 17.7 Å². The predicted molar refractivity (Wildman–Crippen MR) is 117 cm³/mol. The molecule has 1 N–H and O–H groups in total. The summed E-state index contributed by atoms with van der Waals surface area (Å²) in [6.45, 7) is 2.87. The van der Waals surface area contributed by atoms with E-state index in [-0.39, 0.29) is 10.8 Å². The number of rotatable bonds is 8. The Balaban J connectivity index is 1.95. The van der Waals surface area contributed by atoms with Gasteiger partial charge in [0.05, 0.1) is 10.5 Å². The predicted octanol–water partition coefficient (Wildman–Crippen LogP) is 3.44. The van der Waals surface area contributed by atoms with Crippen LogP contribution in [-0.4, -0.2) is 51.3 Å². The van der Waals surface area contributed by atoms with E-state index in [2.05, 4.69) is 10.3 Å². The summed E-state index contributed by atoms with van der Waals surface area (Å²) in [7, 11) is 1.26. The highest BCUT2D eigenvalue weighted by Gasteiger charge is 2.25. The maximum absolute atomic E-state index is 13.1. The number of amides is 1. The summed E-state index contributed by atoms with van der Waals surface area (Å²) in [5.41, 5.74) is 1.06. The van der Waals surface area contributed by atoms with E-state index < -0.39 is 10.0 Å². The molecule has 0 atom stereocenters. The fourth-order valence-electron chi connectivity index (χ4n) is 3.26. The van der Waals surface area contributed by atoms with Crippen molar-refractivity contribution < 1.29 is 13.2 Å². The number of nitrogens with zero attached hydrogens (tertiary/aromatic N) is 3. The second-order valence-electron chi connectivity index (χ2n) is 7.58. The Morgan fingerprint density at radius 3 is 2.55 bits per heavy atom. The van der Waals surface area contributed by atoms with E-state index in [0.29, 0.717) is 16.6 Å². The Hall–Kier alpha value is -1.97. The molecule has 1 aromatic heterocycles. The molecule has 0 bridgehead atoms. The minimum atomic E-state index is -3.64. The molecule has 158 valence electrons. The minimum Gasteiger partial charge on any atom is -0.374 e. The number of anilines is 2. The van der Waals surface area contributed by atoms with E-state index in [0.717, 1.165) is 27.8 Å². The molecule has 0 aliphatic heterocycles. The number of thiazole rings is 1. The van der Waals surface area contributed by atoms with Crippen LogP contribution in [0.25, 0.3) is 0 Å². The number of sulfonamides is 1. The van der Waals surface area contributed by atoms with E-state index in [9.17, 15) is 13.2 Å². The van der Waals surface area contributed by atoms with Gasteiger partial charge in [-0.1, -0.05) is 13.3 Å². The molecule has 1 heterocycles. The fourth-order valence-corrected chi connectivity index (χ4v) is 4.93. The summed E-state index contributed by atoms with van der Waals surface area (Å²) in [4.78, 5) is 20.5. The standard InChI is InChI=1S/C20H28N4O3S2/c1-5-15-12-21-20(28-15)22-19(25)17-11-16(29(26,27)23(2)3)9-10-18(17)24(4)13-14-7-6-8-14/h9-12,14H,5-8,13H2,1-4H3,(H,21,22,25). The third-order valence-electron chi connectivity index (χ3n) is 5.28. The molecule has 1 aliphatic carbocycles. The summed E-state index contributed by atoms with van der Waals surface area (Å²) < 4.78 is 26.3. The summed E-state index contributed by atoms with van der Waals surface area (Å²) in [6, 6.07) is 4.76. The van der Waals surface area contributed by atoms with Gasteiger partial charge in [-0.15, -0.1) is 11.3 Å². The molecule has 1 amide bonds. The van der Waals surface area contributed by atoms with Gasteiger partial charge in [0.25, 0.3) is 5.91 Å². The largest absolute Gasteiger partial charge is 0.374 e. The van der Waals surface area contributed by atoms with Gasteiger partial charge in [0.15, 0.2) is 5.13 Å². The summed E-state index contributed by atoms with van der Waals surface area (Å²) in [6.07, 6.45) is 6.22. The zero-order valence-electron chi connectivity index (χ0n) is 17.3. The number of aryl methyl sites for hydroxylation is 1. The van der Waals surface area contributed by atoms with E-state index in [1.54, 1.807) is 18.3 Å². The minimum absolute atomic E-state index is 0.0989. The molecule has 1 fully saturated rings. The summed E-state index contributed by atoms with van der Waals surface area (Å²) in [5.74, 6) is 0.264.